The summed E-state index contributed by atoms with van der Waals surface area (Å²) in [5.74, 6) is 0.613. The summed E-state index contributed by atoms with van der Waals surface area (Å²) in [7, 11) is 1.78. The lowest BCUT2D eigenvalue weighted by molar-refractivity contribution is 0.0918. The molecule has 0 saturated heterocycles. The predicted molar refractivity (Wildman–Crippen MR) is 111 cm³/mol. The zero-order valence-corrected chi connectivity index (χ0v) is 16.2. The number of aromatic nitrogens is 4. The van der Waals surface area contributed by atoms with Crippen LogP contribution in [0.1, 0.15) is 17.4 Å². The van der Waals surface area contributed by atoms with Crippen LogP contribution in [0.3, 0.4) is 0 Å². The van der Waals surface area contributed by atoms with Crippen molar-refractivity contribution in [2.24, 2.45) is 0 Å². The molecule has 148 valence electrons. The molecule has 9 nitrogen and oxygen atoms in total. The summed E-state index contributed by atoms with van der Waals surface area (Å²) >= 11 is 0. The molecule has 29 heavy (non-hydrogen) atoms. The summed E-state index contributed by atoms with van der Waals surface area (Å²) < 4.78 is 7.35. The molecular weight excluding hydrogens is 370 g/mol. The molecular formula is C20H21N7O2. The van der Waals surface area contributed by atoms with Gasteiger partial charge in [0.25, 0.3) is 5.91 Å². The number of imidazole rings is 1. The third kappa shape index (κ3) is 3.49. The molecule has 0 fully saturated rings. The zero-order valence-electron chi connectivity index (χ0n) is 16.2. The Morgan fingerprint density at radius 3 is 2.97 bits per heavy atom. The first-order valence-corrected chi connectivity index (χ1v) is 9.08. The number of anilines is 2. The number of nitrogens with zero attached hydrogens (tertiary/aromatic N) is 4. The van der Waals surface area contributed by atoms with Crippen LogP contribution >= 0.6 is 0 Å². The molecule has 0 radical (unpaired) electrons. The van der Waals surface area contributed by atoms with Gasteiger partial charge in [0.05, 0.1) is 17.9 Å². The first kappa shape index (κ1) is 18.5. The quantitative estimate of drug-likeness (QED) is 0.555. The number of allylic oxidation sites excluding steroid dienone is 1. The SMILES string of the molecule is C=C1/C=c2/c(nccc2=C)OCC(C)NC(=O)c2cnc3c(NC)cc(nn23)N1. The molecule has 1 aliphatic heterocycles. The lowest BCUT2D eigenvalue weighted by atomic mass is 10.2. The standard InChI is InChI=1S/C20H21N7O2/c1-11-5-6-22-20-14(11)7-12(2)24-17-8-15(21-4)18-23-9-16(27(18)26-17)19(28)25-13(3)10-29-20/h5-9,13,21H,1-2,10H2,3-4H3,(H,24,26)(H,25,28)/b14-7+. The number of fused-ring (bicyclic) bond motifs is 2. The van der Waals surface area contributed by atoms with Crippen LogP contribution in [0, 0.1) is 0 Å². The zero-order chi connectivity index (χ0) is 20.5. The minimum Gasteiger partial charge on any atom is -0.475 e. The smallest absolute Gasteiger partial charge is 0.271 e. The number of rotatable bonds is 1. The van der Waals surface area contributed by atoms with Gasteiger partial charge in [-0.05, 0) is 24.3 Å². The molecule has 3 aromatic rings. The Balaban J connectivity index is 1.89. The van der Waals surface area contributed by atoms with Crippen molar-refractivity contribution in [2.45, 2.75) is 13.0 Å². The van der Waals surface area contributed by atoms with Crippen LogP contribution in [-0.2, 0) is 0 Å². The van der Waals surface area contributed by atoms with Gasteiger partial charge < -0.3 is 20.7 Å². The molecule has 3 aromatic heterocycles. The summed E-state index contributed by atoms with van der Waals surface area (Å²) in [6.45, 7) is 10.2. The fourth-order valence-electron chi connectivity index (χ4n) is 3.05. The van der Waals surface area contributed by atoms with Crippen LogP contribution in [0.5, 0.6) is 5.88 Å². The molecule has 9 heteroatoms. The molecule has 3 N–H and O–H groups in total. The van der Waals surface area contributed by atoms with Crippen LogP contribution in [0.2, 0.25) is 0 Å². The molecule has 0 saturated carbocycles. The van der Waals surface area contributed by atoms with Gasteiger partial charge in [0.15, 0.2) is 17.2 Å². The highest BCUT2D eigenvalue weighted by Crippen LogP contribution is 2.21. The second-order valence-corrected chi connectivity index (χ2v) is 6.74. The number of amides is 1. The maximum absolute atomic E-state index is 12.8. The van der Waals surface area contributed by atoms with E-state index in [9.17, 15) is 4.79 Å². The topological polar surface area (TPSA) is 105 Å². The van der Waals surface area contributed by atoms with Crippen molar-refractivity contribution < 1.29 is 9.53 Å². The van der Waals surface area contributed by atoms with E-state index in [0.717, 1.165) is 10.9 Å². The van der Waals surface area contributed by atoms with Crippen LogP contribution < -0.4 is 31.1 Å². The summed E-state index contributed by atoms with van der Waals surface area (Å²) in [6, 6.07) is 3.32. The molecule has 4 rings (SSSR count). The van der Waals surface area contributed by atoms with Gasteiger partial charge in [-0.25, -0.2) is 14.5 Å². The van der Waals surface area contributed by atoms with E-state index in [1.54, 1.807) is 31.5 Å². The highest BCUT2D eigenvalue weighted by Gasteiger charge is 2.19. The van der Waals surface area contributed by atoms with E-state index in [-0.39, 0.29) is 18.6 Å². The fraction of sp³-hybridized carbons (Fsp3) is 0.200. The van der Waals surface area contributed by atoms with Gasteiger partial charge in [-0.2, -0.15) is 0 Å². The lowest BCUT2D eigenvalue weighted by Crippen LogP contribution is -2.38. The summed E-state index contributed by atoms with van der Waals surface area (Å²) in [5, 5.41) is 15.1. The highest BCUT2D eigenvalue weighted by molar-refractivity contribution is 5.94. The number of nitrogens with one attached hydrogen (secondary N) is 3. The Labute approximate surface area is 166 Å². The van der Waals surface area contributed by atoms with E-state index in [1.807, 2.05) is 6.92 Å². The van der Waals surface area contributed by atoms with Gasteiger partial charge in [0.2, 0.25) is 5.88 Å². The van der Waals surface area contributed by atoms with Gasteiger partial charge in [-0.1, -0.05) is 13.2 Å². The molecule has 0 aliphatic carbocycles. The van der Waals surface area contributed by atoms with Crippen LogP contribution in [0.4, 0.5) is 11.5 Å². The largest absolute Gasteiger partial charge is 0.475 e. The molecule has 1 aliphatic rings. The molecule has 1 atom stereocenters. The van der Waals surface area contributed by atoms with Crippen molar-refractivity contribution in [2.75, 3.05) is 24.3 Å². The minimum absolute atomic E-state index is 0.236. The van der Waals surface area contributed by atoms with E-state index in [0.29, 0.717) is 34.0 Å². The second-order valence-electron chi connectivity index (χ2n) is 6.74. The van der Waals surface area contributed by atoms with Crippen molar-refractivity contribution in [1.29, 1.82) is 0 Å². The molecule has 0 aromatic carbocycles. The van der Waals surface area contributed by atoms with Gasteiger partial charge in [0.1, 0.15) is 6.61 Å². The van der Waals surface area contributed by atoms with E-state index >= 15 is 0 Å². The van der Waals surface area contributed by atoms with E-state index < -0.39 is 0 Å². The Morgan fingerprint density at radius 1 is 1.34 bits per heavy atom. The maximum atomic E-state index is 12.8. The first-order chi connectivity index (χ1) is 14.0. The van der Waals surface area contributed by atoms with Crippen molar-refractivity contribution in [3.63, 3.8) is 0 Å². The number of hydrogen-bond donors (Lipinski definition) is 3. The Hall–Kier alpha value is -3.88. The molecule has 4 heterocycles. The maximum Gasteiger partial charge on any atom is 0.271 e. The highest BCUT2D eigenvalue weighted by atomic mass is 16.5. The molecule has 2 bridgehead atoms. The monoisotopic (exact) mass is 391 g/mol. The third-order valence-electron chi connectivity index (χ3n) is 4.47. The number of carbonyl (C=O) groups excluding carboxylic acids is 1. The van der Waals surface area contributed by atoms with Crippen LogP contribution in [0.25, 0.3) is 18.3 Å². The Kier molecular flexibility index (Phi) is 4.63. The van der Waals surface area contributed by atoms with Crippen molar-refractivity contribution in [3.05, 3.63) is 52.9 Å². The van der Waals surface area contributed by atoms with E-state index in [2.05, 4.69) is 44.2 Å². The Morgan fingerprint density at radius 2 is 2.17 bits per heavy atom. The van der Waals surface area contributed by atoms with Crippen molar-refractivity contribution in [1.82, 2.24) is 24.9 Å². The molecule has 1 unspecified atom stereocenters. The number of hydrogen-bond acceptors (Lipinski definition) is 7. The third-order valence-corrected chi connectivity index (χ3v) is 4.47. The van der Waals surface area contributed by atoms with Gasteiger partial charge >= 0.3 is 0 Å². The van der Waals surface area contributed by atoms with Gasteiger partial charge in [-0.3, -0.25) is 4.79 Å². The number of carbonyl (C=O) groups is 1. The summed E-state index contributed by atoms with van der Waals surface area (Å²) in [6.07, 6.45) is 4.93. The number of pyridine rings is 1. The van der Waals surface area contributed by atoms with Gasteiger partial charge in [0, 0.05) is 30.2 Å². The first-order valence-electron chi connectivity index (χ1n) is 9.08. The average molecular weight is 391 g/mol. The second kappa shape index (κ2) is 7.27. The van der Waals surface area contributed by atoms with Crippen molar-refractivity contribution in [3.8, 4) is 5.88 Å². The van der Waals surface area contributed by atoms with E-state index in [1.165, 1.54) is 10.7 Å². The summed E-state index contributed by atoms with van der Waals surface area (Å²) in [4.78, 5) is 21.4. The fourth-order valence-corrected chi connectivity index (χ4v) is 3.05. The van der Waals surface area contributed by atoms with Crippen molar-refractivity contribution >= 4 is 35.7 Å². The Bertz CT molecular complexity index is 1230. The minimum atomic E-state index is -0.304. The lowest BCUT2D eigenvalue weighted by Gasteiger charge is -2.16. The van der Waals surface area contributed by atoms with Crippen LogP contribution in [-0.4, -0.2) is 45.2 Å². The summed E-state index contributed by atoms with van der Waals surface area (Å²) in [5.41, 5.74) is 2.15. The van der Waals surface area contributed by atoms with E-state index in [4.69, 9.17) is 4.74 Å². The number of ether oxygens (including phenoxy) is 1. The normalized spacial score (nSPS) is 18.0. The van der Waals surface area contributed by atoms with Gasteiger partial charge in [-0.15, -0.1) is 5.10 Å². The molecule has 1 amide bonds. The predicted octanol–water partition coefficient (Wildman–Crippen LogP) is 0.493. The molecule has 0 spiro atoms. The van der Waals surface area contributed by atoms with Crippen LogP contribution in [0.15, 0.2) is 36.8 Å². The average Bonchev–Trinajstić information content (AvgIpc) is 3.11.